The maximum absolute atomic E-state index is 10.6. The third-order valence-corrected chi connectivity index (χ3v) is 5.77. The number of nitrogens with zero attached hydrogens (tertiary/aromatic N) is 4. The van der Waals surface area contributed by atoms with Crippen LogP contribution < -0.4 is 4.74 Å². The van der Waals surface area contributed by atoms with Crippen molar-refractivity contribution in [2.24, 2.45) is 0 Å². The van der Waals surface area contributed by atoms with Crippen LogP contribution in [0.1, 0.15) is 11.3 Å². The number of hydrogen-bond donors (Lipinski definition) is 1. The van der Waals surface area contributed by atoms with Crippen molar-refractivity contribution in [3.63, 3.8) is 0 Å². The third kappa shape index (κ3) is 3.62. The molecule has 0 saturated heterocycles. The Bertz CT molecular complexity index is 1110. The Morgan fingerprint density at radius 2 is 2.07 bits per heavy atom. The van der Waals surface area contributed by atoms with E-state index in [4.69, 9.17) is 4.74 Å². The Labute approximate surface area is 172 Å². The van der Waals surface area contributed by atoms with Gasteiger partial charge in [-0.1, -0.05) is 6.07 Å². The van der Waals surface area contributed by atoms with Crippen molar-refractivity contribution in [3.8, 4) is 27.9 Å². The highest BCUT2D eigenvalue weighted by Gasteiger charge is 2.21. The lowest BCUT2D eigenvalue weighted by atomic mass is 10.0. The van der Waals surface area contributed by atoms with Crippen LogP contribution in [0.15, 0.2) is 66.4 Å². The molecule has 1 aliphatic rings. The van der Waals surface area contributed by atoms with Crippen LogP contribution in [0.4, 0.5) is 0 Å². The van der Waals surface area contributed by atoms with Crippen LogP contribution in [-0.4, -0.2) is 37.7 Å². The summed E-state index contributed by atoms with van der Waals surface area (Å²) in [5.41, 5.74) is 3.86. The minimum Gasteiger partial charge on any atom is -0.504 e. The highest BCUT2D eigenvalue weighted by atomic mass is 32.1. The van der Waals surface area contributed by atoms with Gasteiger partial charge in [0.1, 0.15) is 6.61 Å². The molecule has 1 N–H and O–H groups in total. The normalized spacial score (nSPS) is 14.2. The summed E-state index contributed by atoms with van der Waals surface area (Å²) in [6.07, 6.45) is 5.62. The van der Waals surface area contributed by atoms with Gasteiger partial charge in [0.2, 0.25) is 0 Å². The van der Waals surface area contributed by atoms with Gasteiger partial charge >= 0.3 is 0 Å². The number of fused-ring (bicyclic) bond motifs is 1. The SMILES string of the molecule is Oc1cc(-c2ccccn2)cc2c1OCCN(Cc1cccn1-c1nccs1)C2. The van der Waals surface area contributed by atoms with Gasteiger partial charge in [-0.2, -0.15) is 0 Å². The van der Waals surface area contributed by atoms with Crippen LogP contribution in [-0.2, 0) is 13.1 Å². The Balaban J connectivity index is 1.44. The van der Waals surface area contributed by atoms with Crippen molar-refractivity contribution in [2.75, 3.05) is 13.2 Å². The zero-order valence-corrected chi connectivity index (χ0v) is 16.5. The van der Waals surface area contributed by atoms with E-state index in [0.29, 0.717) is 18.9 Å². The quantitative estimate of drug-likeness (QED) is 0.555. The monoisotopic (exact) mass is 404 g/mol. The molecule has 1 aromatic carbocycles. The van der Waals surface area contributed by atoms with Gasteiger partial charge in [-0.25, -0.2) is 4.98 Å². The average molecular weight is 404 g/mol. The van der Waals surface area contributed by atoms with E-state index in [1.165, 1.54) is 5.69 Å². The summed E-state index contributed by atoms with van der Waals surface area (Å²) in [6, 6.07) is 13.7. The van der Waals surface area contributed by atoms with Crippen LogP contribution >= 0.6 is 11.3 Å². The van der Waals surface area contributed by atoms with E-state index < -0.39 is 0 Å². The highest BCUT2D eigenvalue weighted by molar-refractivity contribution is 7.12. The third-order valence-electron chi connectivity index (χ3n) is 5.00. The van der Waals surface area contributed by atoms with Crippen LogP contribution in [0, 0.1) is 0 Å². The van der Waals surface area contributed by atoms with E-state index in [9.17, 15) is 5.11 Å². The molecule has 0 aliphatic carbocycles. The first-order valence-corrected chi connectivity index (χ1v) is 10.3. The Hall–Kier alpha value is -3.16. The van der Waals surface area contributed by atoms with Crippen molar-refractivity contribution < 1.29 is 9.84 Å². The van der Waals surface area contributed by atoms with Gasteiger partial charge in [-0.3, -0.25) is 14.5 Å². The molecule has 0 unspecified atom stereocenters. The van der Waals surface area contributed by atoms with Crippen molar-refractivity contribution in [1.29, 1.82) is 0 Å². The number of aromatic hydroxyl groups is 1. The molecular weight excluding hydrogens is 384 g/mol. The van der Waals surface area contributed by atoms with Crippen molar-refractivity contribution in [3.05, 3.63) is 77.7 Å². The maximum atomic E-state index is 10.6. The average Bonchev–Trinajstić information content (AvgIpc) is 3.37. The molecule has 0 saturated carbocycles. The topological polar surface area (TPSA) is 63.4 Å². The number of phenols is 1. The summed E-state index contributed by atoms with van der Waals surface area (Å²) >= 11 is 1.62. The van der Waals surface area contributed by atoms with E-state index in [2.05, 4.69) is 31.6 Å². The highest BCUT2D eigenvalue weighted by Crippen LogP contribution is 2.37. The number of rotatable bonds is 4. The van der Waals surface area contributed by atoms with Crippen molar-refractivity contribution in [1.82, 2.24) is 19.4 Å². The lowest BCUT2D eigenvalue weighted by molar-refractivity contribution is 0.214. The molecule has 5 rings (SSSR count). The Morgan fingerprint density at radius 3 is 2.90 bits per heavy atom. The minimum atomic E-state index is 0.163. The zero-order chi connectivity index (χ0) is 19.6. The first kappa shape index (κ1) is 17.9. The smallest absolute Gasteiger partial charge is 0.193 e. The van der Waals surface area contributed by atoms with Gasteiger partial charge in [0, 0.05) is 60.4 Å². The van der Waals surface area contributed by atoms with Crippen LogP contribution in [0.3, 0.4) is 0 Å². The van der Waals surface area contributed by atoms with Crippen molar-refractivity contribution >= 4 is 11.3 Å². The molecule has 3 aromatic heterocycles. The van der Waals surface area contributed by atoms with Gasteiger partial charge in [-0.15, -0.1) is 11.3 Å². The van der Waals surface area contributed by atoms with Crippen LogP contribution in [0.2, 0.25) is 0 Å². The molecule has 146 valence electrons. The molecule has 7 heteroatoms. The summed E-state index contributed by atoms with van der Waals surface area (Å²) in [7, 11) is 0. The molecular formula is C22H20N4O2S. The fourth-order valence-electron chi connectivity index (χ4n) is 3.67. The summed E-state index contributed by atoms with van der Waals surface area (Å²) < 4.78 is 8.02. The molecule has 6 nitrogen and oxygen atoms in total. The van der Waals surface area contributed by atoms with Crippen LogP contribution in [0.5, 0.6) is 11.5 Å². The number of thiazole rings is 1. The minimum absolute atomic E-state index is 0.163. The van der Waals surface area contributed by atoms with Gasteiger partial charge in [0.25, 0.3) is 0 Å². The first-order valence-electron chi connectivity index (χ1n) is 9.46. The van der Waals surface area contributed by atoms with E-state index >= 15 is 0 Å². The molecule has 0 radical (unpaired) electrons. The second-order valence-electron chi connectivity index (χ2n) is 6.94. The number of pyridine rings is 1. The molecule has 0 bridgehead atoms. The molecule has 0 fully saturated rings. The van der Waals surface area contributed by atoms with E-state index in [1.807, 2.05) is 42.0 Å². The number of benzene rings is 1. The first-order chi connectivity index (χ1) is 14.3. The van der Waals surface area contributed by atoms with E-state index in [1.54, 1.807) is 23.6 Å². The lowest BCUT2D eigenvalue weighted by Gasteiger charge is -2.20. The zero-order valence-electron chi connectivity index (χ0n) is 15.7. The largest absolute Gasteiger partial charge is 0.504 e. The van der Waals surface area contributed by atoms with E-state index in [0.717, 1.165) is 35.0 Å². The van der Waals surface area contributed by atoms with E-state index in [-0.39, 0.29) is 5.75 Å². The summed E-state index contributed by atoms with van der Waals surface area (Å²) in [4.78, 5) is 11.2. The molecule has 0 spiro atoms. The number of ether oxygens (including phenoxy) is 1. The number of aromatic nitrogens is 3. The maximum Gasteiger partial charge on any atom is 0.193 e. The lowest BCUT2D eigenvalue weighted by Crippen LogP contribution is -2.26. The molecule has 1 aliphatic heterocycles. The molecule has 4 aromatic rings. The Morgan fingerprint density at radius 1 is 1.10 bits per heavy atom. The molecule has 4 heterocycles. The summed E-state index contributed by atoms with van der Waals surface area (Å²) in [5, 5.41) is 13.5. The fraction of sp³-hybridized carbons (Fsp3) is 0.182. The van der Waals surface area contributed by atoms with Crippen LogP contribution in [0.25, 0.3) is 16.4 Å². The summed E-state index contributed by atoms with van der Waals surface area (Å²) in [6.45, 7) is 2.76. The second-order valence-corrected chi connectivity index (χ2v) is 7.81. The van der Waals surface area contributed by atoms with Crippen molar-refractivity contribution in [2.45, 2.75) is 13.1 Å². The van der Waals surface area contributed by atoms with Gasteiger partial charge < -0.3 is 9.84 Å². The number of phenolic OH excluding ortho intramolecular Hbond substituents is 1. The summed E-state index contributed by atoms with van der Waals surface area (Å²) in [5.74, 6) is 0.735. The number of hydrogen-bond acceptors (Lipinski definition) is 6. The van der Waals surface area contributed by atoms with Gasteiger partial charge in [-0.05, 0) is 36.4 Å². The van der Waals surface area contributed by atoms with Gasteiger partial charge in [0.15, 0.2) is 16.6 Å². The molecule has 29 heavy (non-hydrogen) atoms. The second kappa shape index (κ2) is 7.69. The Kier molecular flexibility index (Phi) is 4.75. The molecule has 0 atom stereocenters. The standard InChI is InChI=1S/C22H20N4O2S/c27-20-13-16(19-5-1-2-6-23-19)12-17-14-25(9-10-28-21(17)20)15-18-4-3-8-26(18)22-24-7-11-29-22/h1-8,11-13,27H,9-10,14-15H2. The predicted molar refractivity (Wildman–Crippen MR) is 112 cm³/mol. The van der Waals surface area contributed by atoms with Gasteiger partial charge in [0.05, 0.1) is 5.69 Å². The predicted octanol–water partition coefficient (Wildman–Crippen LogP) is 4.10. The fourth-order valence-corrected chi connectivity index (χ4v) is 4.32. The molecule has 0 amide bonds.